The van der Waals surface area contributed by atoms with Gasteiger partial charge < -0.3 is 25.1 Å². The van der Waals surface area contributed by atoms with Crippen LogP contribution in [-0.2, 0) is 25.6 Å². The third-order valence-corrected chi connectivity index (χ3v) is 8.04. The second-order valence-electron chi connectivity index (χ2n) is 10.8. The molecule has 0 aliphatic heterocycles. The average molecular weight is 559 g/mol. The summed E-state index contributed by atoms with van der Waals surface area (Å²) < 4.78 is 6.18. The highest BCUT2D eigenvalue weighted by Crippen LogP contribution is 2.48. The third-order valence-electron chi connectivity index (χ3n) is 8.04. The van der Waals surface area contributed by atoms with Crippen LogP contribution in [0.3, 0.4) is 0 Å². The van der Waals surface area contributed by atoms with Gasteiger partial charge in [-0.3, -0.25) is 9.59 Å². The maximum Gasteiger partial charge on any atom is 0.310 e. The molecule has 2 aliphatic rings. The molecule has 2 saturated carbocycles. The largest absolute Gasteiger partial charge is 0.454 e. The van der Waals surface area contributed by atoms with Crippen molar-refractivity contribution in [3.05, 3.63) is 70.8 Å². The van der Waals surface area contributed by atoms with E-state index in [0.29, 0.717) is 51.5 Å². The van der Waals surface area contributed by atoms with E-state index in [2.05, 4.69) is 16.7 Å². The van der Waals surface area contributed by atoms with E-state index in [0.717, 1.165) is 5.56 Å². The van der Waals surface area contributed by atoms with Crippen molar-refractivity contribution in [3.63, 3.8) is 0 Å². The Balaban J connectivity index is 1.74. The first-order valence-corrected chi connectivity index (χ1v) is 14.2. The third kappa shape index (κ3) is 8.63. The highest BCUT2D eigenvalue weighted by Gasteiger charge is 2.55. The van der Waals surface area contributed by atoms with Gasteiger partial charge in [-0.15, -0.1) is 10.1 Å². The number of nitrogens with one attached hydrogen (secondary N) is 1. The summed E-state index contributed by atoms with van der Waals surface area (Å²) in [6, 6.07) is 9.72. The number of benzene rings is 1. The Hall–Kier alpha value is -3.24. The lowest BCUT2D eigenvalue weighted by Crippen LogP contribution is -2.48. The Bertz CT molecular complexity index is 1030. The lowest BCUT2D eigenvalue weighted by molar-refractivity contribution is -0.758. The molecule has 2 aliphatic carbocycles. The molecule has 2 fully saturated rings. The van der Waals surface area contributed by atoms with Crippen molar-refractivity contribution >= 4 is 11.9 Å². The number of esters is 1. The molecule has 7 atom stereocenters. The molecule has 1 aromatic rings. The normalized spacial score (nSPS) is 27.1. The van der Waals surface area contributed by atoms with E-state index >= 15 is 0 Å². The van der Waals surface area contributed by atoms with Crippen molar-refractivity contribution in [2.45, 2.75) is 76.1 Å². The van der Waals surface area contributed by atoms with Gasteiger partial charge in [-0.25, -0.2) is 0 Å². The zero-order valence-electron chi connectivity index (χ0n) is 23.2. The average Bonchev–Trinajstić information content (AvgIpc) is 3.66. The number of nitrogens with zero attached hydrogens (tertiary/aromatic N) is 1. The van der Waals surface area contributed by atoms with Crippen molar-refractivity contribution in [1.82, 2.24) is 5.32 Å². The Morgan fingerprint density at radius 3 is 2.62 bits per heavy atom. The highest BCUT2D eigenvalue weighted by atomic mass is 16.9. The Kier molecular flexibility index (Phi) is 11.7. The molecule has 0 spiro atoms. The number of unbranched alkanes of at least 4 members (excludes halogenated alkanes) is 1. The number of allylic oxidation sites excluding steroid dienone is 2. The van der Waals surface area contributed by atoms with Gasteiger partial charge in [0, 0.05) is 18.9 Å². The minimum absolute atomic E-state index is 0.0177. The van der Waals surface area contributed by atoms with Crippen LogP contribution in [0.4, 0.5) is 0 Å². The van der Waals surface area contributed by atoms with Crippen LogP contribution in [0.5, 0.6) is 0 Å². The monoisotopic (exact) mass is 558 g/mol. The van der Waals surface area contributed by atoms with Crippen molar-refractivity contribution in [2.24, 2.45) is 23.7 Å². The molecular formula is C30H42N2O8. The Morgan fingerprint density at radius 1 is 1.20 bits per heavy atom. The summed E-state index contributed by atoms with van der Waals surface area (Å²) in [6.07, 6.45) is 7.60. The summed E-state index contributed by atoms with van der Waals surface area (Å²) in [4.78, 5) is 39.9. The maximum atomic E-state index is 13.2. The fourth-order valence-corrected chi connectivity index (χ4v) is 5.81. The summed E-state index contributed by atoms with van der Waals surface area (Å²) in [5.74, 6) is -2.29. The predicted molar refractivity (Wildman–Crippen MR) is 148 cm³/mol. The molecule has 1 amide bonds. The quantitative estimate of drug-likeness (QED) is 0.0865. The van der Waals surface area contributed by atoms with Gasteiger partial charge in [-0.05, 0) is 75.3 Å². The number of aliphatic hydroxyl groups excluding tert-OH is 2. The highest BCUT2D eigenvalue weighted by molar-refractivity contribution is 5.76. The second-order valence-corrected chi connectivity index (χ2v) is 10.8. The Labute approximate surface area is 235 Å². The number of amides is 1. The van der Waals surface area contributed by atoms with E-state index < -0.39 is 40.7 Å². The van der Waals surface area contributed by atoms with Gasteiger partial charge in [0.05, 0.1) is 18.1 Å². The summed E-state index contributed by atoms with van der Waals surface area (Å²) in [6.45, 7) is 6.32. The molecule has 0 radical (unpaired) electrons. The minimum Gasteiger partial charge on any atom is -0.454 e. The molecule has 0 saturated heterocycles. The van der Waals surface area contributed by atoms with Crippen molar-refractivity contribution in [2.75, 3.05) is 13.2 Å². The molecule has 1 aromatic carbocycles. The lowest BCUT2D eigenvalue weighted by Gasteiger charge is -2.41. The fourth-order valence-electron chi connectivity index (χ4n) is 5.81. The zero-order chi connectivity index (χ0) is 29.1. The van der Waals surface area contributed by atoms with Crippen molar-refractivity contribution in [3.8, 4) is 0 Å². The number of rotatable bonds is 17. The van der Waals surface area contributed by atoms with E-state index in [-0.39, 0.29) is 30.8 Å². The molecule has 40 heavy (non-hydrogen) atoms. The number of carbonyl (C=O) groups excluding carboxylic acids is 2. The van der Waals surface area contributed by atoms with Crippen molar-refractivity contribution in [1.29, 1.82) is 0 Å². The number of hydrogen-bond donors (Lipinski definition) is 3. The zero-order valence-corrected chi connectivity index (χ0v) is 23.2. The summed E-state index contributed by atoms with van der Waals surface area (Å²) in [7, 11) is 0. The van der Waals surface area contributed by atoms with Gasteiger partial charge in [-0.2, -0.15) is 0 Å². The van der Waals surface area contributed by atoms with Gasteiger partial charge in [0.1, 0.15) is 12.2 Å². The van der Waals surface area contributed by atoms with Gasteiger partial charge >= 0.3 is 5.97 Å². The van der Waals surface area contributed by atoms with E-state index in [9.17, 15) is 29.9 Å². The van der Waals surface area contributed by atoms with Crippen molar-refractivity contribution < 1.29 is 34.5 Å². The lowest BCUT2D eigenvalue weighted by atomic mass is 9.74. The van der Waals surface area contributed by atoms with E-state index in [1.807, 2.05) is 49.4 Å². The molecule has 10 heteroatoms. The Morgan fingerprint density at radius 2 is 1.95 bits per heavy atom. The van der Waals surface area contributed by atoms with Gasteiger partial charge in [0.2, 0.25) is 5.91 Å². The number of aliphatic hydroxyl groups is 2. The molecule has 220 valence electrons. The van der Waals surface area contributed by atoms with Crippen LogP contribution in [-0.4, -0.2) is 58.1 Å². The first kappa shape index (κ1) is 31.3. The number of aryl methyl sites for hydroxylation is 1. The van der Waals surface area contributed by atoms with Gasteiger partial charge in [0.15, 0.2) is 0 Å². The first-order chi connectivity index (χ1) is 19.2. The molecule has 0 unspecified atom stereocenters. The second kappa shape index (κ2) is 14.9. The number of carbonyl (C=O) groups is 2. The van der Waals surface area contributed by atoms with Crippen LogP contribution in [0, 0.1) is 33.8 Å². The predicted octanol–water partition coefficient (Wildman–Crippen LogP) is 3.54. The summed E-state index contributed by atoms with van der Waals surface area (Å²) >= 11 is 0. The number of hydrogen-bond acceptors (Lipinski definition) is 8. The molecule has 3 rings (SSSR count). The standard InChI is InChI=1S/C30H42N2O8/c1-3-30(17-16-21-12-8-7-9-13-21,40-29(36)24-18-22(24)20-39-32(37)38)28-23(25(33)19-26(28)34)14-10-5-6-11-15-27(35)31-4-2/h3,5,7-10,12-13,22-26,28,33-34H,1,4,6,11,14-20H2,2H3,(H,31,35)/t22-,23-,24+,25-,26+,28+,30-/m0/s1. The molecule has 0 bridgehead atoms. The minimum atomic E-state index is -1.25. The maximum absolute atomic E-state index is 13.2. The molecular weight excluding hydrogens is 516 g/mol. The SMILES string of the molecule is C=C[C@@](CCc1ccccc1)(OC(=O)[C@@H]1C[C@H]1CO[N+](=O)[O-])[C@@H]1[C@@H](CC=CCCCC(=O)NCC)[C@@H](O)C[C@H]1O. The van der Waals surface area contributed by atoms with E-state index in [1.54, 1.807) is 6.08 Å². The summed E-state index contributed by atoms with van der Waals surface area (Å²) in [5.41, 5.74) is -0.220. The van der Waals surface area contributed by atoms with Crippen LogP contribution < -0.4 is 5.32 Å². The topological polar surface area (TPSA) is 148 Å². The fraction of sp³-hybridized carbons (Fsp3) is 0.600. The first-order valence-electron chi connectivity index (χ1n) is 14.2. The van der Waals surface area contributed by atoms with Crippen LogP contribution in [0.2, 0.25) is 0 Å². The molecule has 3 N–H and O–H groups in total. The number of ether oxygens (including phenoxy) is 1. The van der Waals surface area contributed by atoms with Gasteiger partial charge in [0.25, 0.3) is 5.09 Å². The van der Waals surface area contributed by atoms with Gasteiger partial charge in [-0.1, -0.05) is 49.1 Å². The van der Waals surface area contributed by atoms with Crippen LogP contribution in [0.25, 0.3) is 0 Å². The van der Waals surface area contributed by atoms with E-state index in [4.69, 9.17) is 4.74 Å². The van der Waals surface area contributed by atoms with Crippen LogP contribution in [0.15, 0.2) is 55.1 Å². The molecule has 10 nitrogen and oxygen atoms in total. The van der Waals surface area contributed by atoms with Crippen LogP contribution >= 0.6 is 0 Å². The molecule has 0 aromatic heterocycles. The van der Waals surface area contributed by atoms with E-state index in [1.165, 1.54) is 0 Å². The smallest absolute Gasteiger partial charge is 0.310 e. The molecule has 0 heterocycles. The van der Waals surface area contributed by atoms with Crippen LogP contribution in [0.1, 0.15) is 57.4 Å². The summed E-state index contributed by atoms with van der Waals surface area (Å²) in [5, 5.41) is 34.5.